The minimum absolute atomic E-state index is 0.0694. The van der Waals surface area contributed by atoms with Gasteiger partial charge in [-0.1, -0.05) is 24.3 Å². The first-order valence-electron chi connectivity index (χ1n) is 12.2. The molecule has 1 atom stereocenters. The molecule has 1 aliphatic carbocycles. The summed E-state index contributed by atoms with van der Waals surface area (Å²) in [6.45, 7) is 2.56. The Labute approximate surface area is 209 Å². The number of hydrogen-bond donors (Lipinski definition) is 2. The number of carbonyl (C=O) groups is 2. The third kappa shape index (κ3) is 4.59. The van der Waals surface area contributed by atoms with Gasteiger partial charge in [0, 0.05) is 37.3 Å². The Morgan fingerprint density at radius 1 is 1.17 bits per heavy atom. The van der Waals surface area contributed by atoms with E-state index in [1.165, 1.54) is 12.7 Å². The molecule has 184 valence electrons. The van der Waals surface area contributed by atoms with Crippen molar-refractivity contribution in [3.63, 3.8) is 0 Å². The predicted molar refractivity (Wildman–Crippen MR) is 139 cm³/mol. The van der Waals surface area contributed by atoms with Crippen molar-refractivity contribution in [2.45, 2.75) is 38.8 Å². The summed E-state index contributed by atoms with van der Waals surface area (Å²) in [4.78, 5) is 35.2. The molecule has 5 rings (SSSR count). The van der Waals surface area contributed by atoms with E-state index in [2.05, 4.69) is 27.8 Å². The molecule has 0 bridgehead atoms. The van der Waals surface area contributed by atoms with Gasteiger partial charge in [-0.15, -0.1) is 0 Å². The second-order valence-corrected chi connectivity index (χ2v) is 8.91. The van der Waals surface area contributed by atoms with Gasteiger partial charge in [-0.3, -0.25) is 14.6 Å². The molecule has 2 heterocycles. The number of amides is 2. The summed E-state index contributed by atoms with van der Waals surface area (Å²) in [6.07, 6.45) is 6.39. The highest BCUT2D eigenvalue weighted by molar-refractivity contribution is 6.08. The molecule has 36 heavy (non-hydrogen) atoms. The van der Waals surface area contributed by atoms with Gasteiger partial charge in [0.05, 0.1) is 22.6 Å². The maximum absolute atomic E-state index is 13.8. The monoisotopic (exact) mass is 483 g/mol. The van der Waals surface area contributed by atoms with Gasteiger partial charge in [-0.2, -0.15) is 0 Å². The molecule has 1 unspecified atom stereocenters. The largest absolute Gasteiger partial charge is 0.375 e. The number of ether oxygens (including phenoxy) is 1. The third-order valence-corrected chi connectivity index (χ3v) is 6.56. The van der Waals surface area contributed by atoms with Gasteiger partial charge in [-0.25, -0.2) is 4.98 Å². The van der Waals surface area contributed by atoms with Crippen LogP contribution in [0.4, 0.5) is 5.69 Å². The first-order valence-corrected chi connectivity index (χ1v) is 12.2. The maximum Gasteiger partial charge on any atom is 0.254 e. The molecular weight excluding hydrogens is 454 g/mol. The number of nitrogens with one attached hydrogen (secondary N) is 2. The maximum atomic E-state index is 13.8. The molecule has 0 saturated carbocycles. The predicted octanol–water partition coefficient (Wildman–Crippen LogP) is 4.51. The number of aryl methyl sites for hydroxylation is 2. The second-order valence-electron chi connectivity index (χ2n) is 8.91. The van der Waals surface area contributed by atoms with E-state index in [0.29, 0.717) is 23.3 Å². The minimum Gasteiger partial charge on any atom is -0.375 e. The lowest BCUT2D eigenvalue weighted by Crippen LogP contribution is -2.31. The molecule has 0 spiro atoms. The molecule has 8 heteroatoms. The Kier molecular flexibility index (Phi) is 6.77. The fourth-order valence-electron chi connectivity index (χ4n) is 5.00. The molecule has 1 aliphatic rings. The molecule has 2 aromatic heterocycles. The number of hydrogen-bond acceptors (Lipinski definition) is 5. The average Bonchev–Trinajstić information content (AvgIpc) is 3.27. The first-order chi connectivity index (χ1) is 17.6. The number of carbonyl (C=O) groups excluding carboxylic acids is 2. The lowest BCUT2D eigenvalue weighted by molar-refractivity contribution is -0.119. The van der Waals surface area contributed by atoms with Gasteiger partial charge in [0.2, 0.25) is 5.91 Å². The number of fused-ring (bicyclic) bond motifs is 2. The third-order valence-electron chi connectivity index (χ3n) is 6.56. The Balaban J connectivity index is 1.60. The minimum atomic E-state index is -0.299. The van der Waals surface area contributed by atoms with Crippen molar-refractivity contribution in [2.24, 2.45) is 0 Å². The van der Waals surface area contributed by atoms with Crippen LogP contribution in [0.5, 0.6) is 0 Å². The Hall–Kier alpha value is -4.04. The number of rotatable bonds is 7. The quantitative estimate of drug-likeness (QED) is 0.403. The first kappa shape index (κ1) is 23.7. The van der Waals surface area contributed by atoms with E-state index in [9.17, 15) is 9.59 Å². The lowest BCUT2D eigenvalue weighted by atomic mass is 9.87. The molecule has 0 radical (unpaired) electrons. The summed E-state index contributed by atoms with van der Waals surface area (Å²) in [5.74, 6) is 0.224. The highest BCUT2D eigenvalue weighted by Crippen LogP contribution is 2.32. The highest BCUT2D eigenvalue weighted by atomic mass is 16.5. The molecule has 0 fully saturated rings. The fourth-order valence-corrected chi connectivity index (χ4v) is 5.00. The van der Waals surface area contributed by atoms with Crippen LogP contribution in [0.3, 0.4) is 0 Å². The number of anilines is 1. The van der Waals surface area contributed by atoms with Crippen LogP contribution in [0.1, 0.15) is 47.3 Å². The molecule has 2 amide bonds. The number of methoxy groups -OCH3 is 1. The molecular formula is C28H29N5O3. The van der Waals surface area contributed by atoms with Crippen LogP contribution >= 0.6 is 0 Å². The van der Waals surface area contributed by atoms with E-state index < -0.39 is 0 Å². The van der Waals surface area contributed by atoms with Crippen LogP contribution in [0.25, 0.3) is 22.4 Å². The van der Waals surface area contributed by atoms with Gasteiger partial charge < -0.3 is 19.9 Å². The number of benzene rings is 2. The van der Waals surface area contributed by atoms with Crippen LogP contribution in [0.2, 0.25) is 0 Å². The standard InChI is InChI=1S/C28H29N5O3/c1-3-33-26-22(28(35)32-23-12-6-9-18-8-4-5-11-21(18)23)14-20(30-25(34)17-36-2)15-24(26)31-27(33)19-10-7-13-29-16-19/h4-5,7-8,10-11,13-16,23H,3,6,9,12,17H2,1-2H3,(H,30,34)(H,32,35). The topological polar surface area (TPSA) is 98.1 Å². The fraction of sp³-hybridized carbons (Fsp3) is 0.286. The van der Waals surface area contributed by atoms with E-state index in [4.69, 9.17) is 9.72 Å². The Morgan fingerprint density at radius 3 is 2.81 bits per heavy atom. The van der Waals surface area contributed by atoms with E-state index in [-0.39, 0.29) is 24.5 Å². The second kappa shape index (κ2) is 10.3. The van der Waals surface area contributed by atoms with Gasteiger partial charge in [-0.05, 0) is 61.6 Å². The molecule has 0 aliphatic heterocycles. The van der Waals surface area contributed by atoms with Crippen molar-refractivity contribution in [1.82, 2.24) is 19.9 Å². The zero-order valence-corrected chi connectivity index (χ0v) is 20.5. The van der Waals surface area contributed by atoms with Crippen molar-refractivity contribution in [2.75, 3.05) is 19.0 Å². The zero-order valence-electron chi connectivity index (χ0n) is 20.5. The van der Waals surface area contributed by atoms with E-state index >= 15 is 0 Å². The summed E-state index contributed by atoms with van der Waals surface area (Å²) in [7, 11) is 1.47. The molecule has 2 aromatic carbocycles. The number of imidazole rings is 1. The number of pyridine rings is 1. The van der Waals surface area contributed by atoms with Crippen molar-refractivity contribution < 1.29 is 14.3 Å². The molecule has 8 nitrogen and oxygen atoms in total. The normalized spacial score (nSPS) is 14.9. The van der Waals surface area contributed by atoms with E-state index in [1.807, 2.05) is 35.8 Å². The van der Waals surface area contributed by atoms with Gasteiger partial charge >= 0.3 is 0 Å². The van der Waals surface area contributed by atoms with Crippen molar-refractivity contribution in [3.8, 4) is 11.4 Å². The Bertz CT molecular complexity index is 1410. The van der Waals surface area contributed by atoms with Gasteiger partial charge in [0.25, 0.3) is 5.91 Å². The smallest absolute Gasteiger partial charge is 0.254 e. The molecule has 0 saturated heterocycles. The van der Waals surface area contributed by atoms with Crippen LogP contribution in [-0.2, 0) is 22.5 Å². The number of nitrogens with zero attached hydrogens (tertiary/aromatic N) is 3. The van der Waals surface area contributed by atoms with Crippen LogP contribution in [0.15, 0.2) is 60.9 Å². The van der Waals surface area contributed by atoms with Crippen molar-refractivity contribution >= 4 is 28.5 Å². The highest BCUT2D eigenvalue weighted by Gasteiger charge is 2.25. The summed E-state index contributed by atoms with van der Waals surface area (Å²) in [5.41, 5.74) is 5.61. The lowest BCUT2D eigenvalue weighted by Gasteiger charge is -2.26. The van der Waals surface area contributed by atoms with Gasteiger partial charge in [0.15, 0.2) is 0 Å². The average molecular weight is 484 g/mol. The SMILES string of the molecule is CCn1c(-c2cccnc2)nc2cc(NC(=O)COC)cc(C(=O)NC3CCCc4ccccc43)c21. The van der Waals surface area contributed by atoms with E-state index in [0.717, 1.165) is 41.7 Å². The summed E-state index contributed by atoms with van der Waals surface area (Å²) in [6, 6.07) is 15.5. The van der Waals surface area contributed by atoms with E-state index in [1.54, 1.807) is 24.5 Å². The molecule has 4 aromatic rings. The van der Waals surface area contributed by atoms with Gasteiger partial charge in [0.1, 0.15) is 12.4 Å². The van der Waals surface area contributed by atoms with Crippen LogP contribution in [-0.4, -0.2) is 40.1 Å². The molecule has 2 N–H and O–H groups in total. The zero-order chi connectivity index (χ0) is 25.1. The summed E-state index contributed by atoms with van der Waals surface area (Å²) >= 11 is 0. The van der Waals surface area contributed by atoms with Crippen LogP contribution < -0.4 is 10.6 Å². The number of aromatic nitrogens is 3. The van der Waals surface area contributed by atoms with Crippen molar-refractivity contribution in [3.05, 3.63) is 77.6 Å². The Morgan fingerprint density at radius 2 is 2.03 bits per heavy atom. The summed E-state index contributed by atoms with van der Waals surface area (Å²) in [5, 5.41) is 6.09. The summed E-state index contributed by atoms with van der Waals surface area (Å²) < 4.78 is 6.98. The van der Waals surface area contributed by atoms with Crippen LogP contribution in [0, 0.1) is 0 Å². The van der Waals surface area contributed by atoms with Crippen molar-refractivity contribution in [1.29, 1.82) is 0 Å².